The van der Waals surface area contributed by atoms with E-state index in [4.69, 9.17) is 19.9 Å². The van der Waals surface area contributed by atoms with Crippen LogP contribution in [0.15, 0.2) is 29.1 Å². The minimum absolute atomic E-state index is 0.0615. The largest absolute Gasteiger partial charge is 0.493 e. The number of nitrogens with one attached hydrogen (secondary N) is 1. The van der Waals surface area contributed by atoms with Crippen LogP contribution in [0, 0.1) is 22.7 Å². The number of nitriles is 2. The number of hydrogen-bond acceptors (Lipinski definition) is 7. The number of rotatable bonds is 5. The van der Waals surface area contributed by atoms with Gasteiger partial charge in [0.2, 0.25) is 0 Å². The molecule has 1 fully saturated rings. The maximum Gasteiger partial charge on any atom is 0.268 e. The van der Waals surface area contributed by atoms with Crippen molar-refractivity contribution in [1.82, 2.24) is 4.98 Å². The van der Waals surface area contributed by atoms with Crippen molar-refractivity contribution in [2.75, 3.05) is 25.6 Å². The first-order valence-electron chi connectivity index (χ1n) is 8.46. The Morgan fingerprint density at radius 3 is 2.44 bits per heavy atom. The van der Waals surface area contributed by atoms with Crippen molar-refractivity contribution >= 4 is 5.82 Å². The summed E-state index contributed by atoms with van der Waals surface area (Å²) < 4.78 is 16.6. The molecule has 0 unspecified atom stereocenters. The molecule has 0 saturated carbocycles. The van der Waals surface area contributed by atoms with Gasteiger partial charge < -0.3 is 24.9 Å². The predicted octanol–water partition coefficient (Wildman–Crippen LogP) is 1.90. The fraction of sp³-hybridized carbons (Fsp3) is 0.316. The molecule has 1 aliphatic heterocycles. The average molecular weight is 366 g/mol. The van der Waals surface area contributed by atoms with E-state index in [1.165, 1.54) is 0 Å². The number of anilines is 1. The van der Waals surface area contributed by atoms with E-state index in [0.717, 1.165) is 6.42 Å². The van der Waals surface area contributed by atoms with Gasteiger partial charge >= 0.3 is 0 Å². The summed E-state index contributed by atoms with van der Waals surface area (Å²) in [6, 6.07) is 10.6. The van der Waals surface area contributed by atoms with E-state index >= 15 is 0 Å². The zero-order chi connectivity index (χ0) is 19.2. The second-order valence-electron chi connectivity index (χ2n) is 5.90. The van der Waals surface area contributed by atoms with Crippen LogP contribution in [0.25, 0.3) is 11.1 Å². The first kappa shape index (κ1) is 18.5. The van der Waals surface area contributed by atoms with E-state index in [0.29, 0.717) is 37.6 Å². The summed E-state index contributed by atoms with van der Waals surface area (Å²) in [5, 5.41) is 18.7. The standard InChI is InChI=1S/C19H18N4O4/c20-10-14-17(15(11-21)19(24)23-18(14)22)12-2-4-13(5-3-12)25-9-6-16-26-7-1-8-27-16/h2-5,16H,1,6-9H2,(H3,22,23,24). The Hall–Kier alpha value is -3.33. The van der Waals surface area contributed by atoms with Crippen molar-refractivity contribution in [2.45, 2.75) is 19.1 Å². The topological polar surface area (TPSA) is 134 Å². The third-order valence-corrected chi connectivity index (χ3v) is 4.13. The molecule has 1 aromatic carbocycles. The van der Waals surface area contributed by atoms with Crippen LogP contribution in [0.1, 0.15) is 24.0 Å². The first-order chi connectivity index (χ1) is 13.1. The molecule has 3 N–H and O–H groups in total. The van der Waals surface area contributed by atoms with Crippen LogP contribution in [0.5, 0.6) is 5.75 Å². The zero-order valence-corrected chi connectivity index (χ0v) is 14.5. The average Bonchev–Trinajstić information content (AvgIpc) is 2.69. The van der Waals surface area contributed by atoms with Crippen LogP contribution in [0.4, 0.5) is 5.82 Å². The molecule has 2 heterocycles. The molecule has 0 spiro atoms. The Morgan fingerprint density at radius 1 is 1.15 bits per heavy atom. The minimum Gasteiger partial charge on any atom is -0.493 e. The van der Waals surface area contributed by atoms with Crippen molar-refractivity contribution in [3.8, 4) is 29.0 Å². The van der Waals surface area contributed by atoms with Crippen LogP contribution in [-0.2, 0) is 9.47 Å². The van der Waals surface area contributed by atoms with Crippen molar-refractivity contribution in [3.05, 3.63) is 45.7 Å². The fourth-order valence-corrected chi connectivity index (χ4v) is 2.83. The molecule has 1 aromatic heterocycles. The maximum atomic E-state index is 12.0. The summed E-state index contributed by atoms with van der Waals surface area (Å²) in [6.07, 6.45) is 1.28. The molecule has 1 aliphatic rings. The van der Waals surface area contributed by atoms with E-state index < -0.39 is 5.56 Å². The molecule has 0 radical (unpaired) electrons. The Morgan fingerprint density at radius 2 is 1.81 bits per heavy atom. The van der Waals surface area contributed by atoms with Gasteiger partial charge in [-0.05, 0) is 24.1 Å². The predicted molar refractivity (Wildman–Crippen MR) is 96.8 cm³/mol. The Kier molecular flexibility index (Phi) is 5.72. The van der Waals surface area contributed by atoms with Gasteiger partial charge in [-0.3, -0.25) is 4.79 Å². The summed E-state index contributed by atoms with van der Waals surface area (Å²) >= 11 is 0. The van der Waals surface area contributed by atoms with Crippen LogP contribution in [0.2, 0.25) is 0 Å². The van der Waals surface area contributed by atoms with E-state index in [-0.39, 0.29) is 28.8 Å². The Labute approximate surface area is 155 Å². The summed E-state index contributed by atoms with van der Waals surface area (Å²) in [7, 11) is 0. The van der Waals surface area contributed by atoms with Crippen LogP contribution in [0.3, 0.4) is 0 Å². The van der Waals surface area contributed by atoms with Gasteiger partial charge in [-0.15, -0.1) is 0 Å². The lowest BCUT2D eigenvalue weighted by molar-refractivity contribution is -0.183. The molecule has 8 nitrogen and oxygen atoms in total. The van der Waals surface area contributed by atoms with E-state index in [1.54, 1.807) is 24.3 Å². The highest BCUT2D eigenvalue weighted by atomic mass is 16.7. The quantitative estimate of drug-likeness (QED) is 0.825. The third kappa shape index (κ3) is 4.09. The van der Waals surface area contributed by atoms with Crippen LogP contribution >= 0.6 is 0 Å². The molecule has 0 bridgehead atoms. The number of aromatic amines is 1. The summed E-state index contributed by atoms with van der Waals surface area (Å²) in [6.45, 7) is 1.82. The fourth-order valence-electron chi connectivity index (χ4n) is 2.83. The van der Waals surface area contributed by atoms with E-state index in [2.05, 4.69) is 4.98 Å². The smallest absolute Gasteiger partial charge is 0.268 e. The monoisotopic (exact) mass is 366 g/mol. The second kappa shape index (κ2) is 8.37. The van der Waals surface area contributed by atoms with E-state index in [9.17, 15) is 15.3 Å². The number of benzene rings is 1. The summed E-state index contributed by atoms with van der Waals surface area (Å²) in [5.74, 6) is 0.550. The van der Waals surface area contributed by atoms with Crippen LogP contribution in [-0.4, -0.2) is 31.1 Å². The molecule has 138 valence electrons. The number of aromatic nitrogens is 1. The molecule has 0 atom stereocenters. The number of H-pyrrole nitrogens is 1. The van der Waals surface area contributed by atoms with Crippen molar-refractivity contribution in [1.29, 1.82) is 10.5 Å². The Bertz CT molecular complexity index is 948. The maximum absolute atomic E-state index is 12.0. The van der Waals surface area contributed by atoms with Gasteiger partial charge in [0.1, 0.15) is 34.8 Å². The molecule has 0 aliphatic carbocycles. The number of ether oxygens (including phenoxy) is 3. The number of nitrogens with two attached hydrogens (primary N) is 1. The van der Waals surface area contributed by atoms with Crippen molar-refractivity contribution in [3.63, 3.8) is 0 Å². The van der Waals surface area contributed by atoms with Gasteiger partial charge in [0.05, 0.1) is 19.8 Å². The van der Waals surface area contributed by atoms with Gasteiger partial charge in [0.15, 0.2) is 6.29 Å². The minimum atomic E-state index is -0.628. The molecule has 27 heavy (non-hydrogen) atoms. The number of nitrogen functional groups attached to an aromatic ring is 1. The van der Waals surface area contributed by atoms with Gasteiger partial charge in [0.25, 0.3) is 5.56 Å². The van der Waals surface area contributed by atoms with Gasteiger partial charge in [-0.1, -0.05) is 12.1 Å². The number of pyridine rings is 1. The molecule has 3 rings (SSSR count). The molecule has 1 saturated heterocycles. The number of hydrogen-bond donors (Lipinski definition) is 2. The molecular weight excluding hydrogens is 348 g/mol. The first-order valence-corrected chi connectivity index (χ1v) is 8.46. The normalized spacial score (nSPS) is 14.3. The lowest BCUT2D eigenvalue weighted by Gasteiger charge is -2.23. The van der Waals surface area contributed by atoms with Crippen molar-refractivity contribution < 1.29 is 14.2 Å². The lowest BCUT2D eigenvalue weighted by Crippen LogP contribution is -2.26. The summed E-state index contributed by atoms with van der Waals surface area (Å²) in [5.41, 5.74) is 5.76. The van der Waals surface area contributed by atoms with Crippen molar-refractivity contribution in [2.24, 2.45) is 0 Å². The highest BCUT2D eigenvalue weighted by Crippen LogP contribution is 2.29. The van der Waals surface area contributed by atoms with Crippen LogP contribution < -0.4 is 16.0 Å². The molecule has 0 amide bonds. The zero-order valence-electron chi connectivity index (χ0n) is 14.5. The van der Waals surface area contributed by atoms with Gasteiger partial charge in [-0.25, -0.2) is 0 Å². The lowest BCUT2D eigenvalue weighted by atomic mass is 9.97. The Balaban J connectivity index is 1.77. The molecule has 8 heteroatoms. The highest BCUT2D eigenvalue weighted by molar-refractivity contribution is 5.80. The third-order valence-electron chi connectivity index (χ3n) is 4.13. The second-order valence-corrected chi connectivity index (χ2v) is 5.90. The molecular formula is C19H18N4O4. The highest BCUT2D eigenvalue weighted by Gasteiger charge is 2.18. The summed E-state index contributed by atoms with van der Waals surface area (Å²) in [4.78, 5) is 14.3. The van der Waals surface area contributed by atoms with E-state index in [1.807, 2.05) is 12.1 Å². The van der Waals surface area contributed by atoms with Gasteiger partial charge in [-0.2, -0.15) is 10.5 Å². The molecule has 2 aromatic rings. The number of nitrogens with zero attached hydrogens (tertiary/aromatic N) is 2. The SMILES string of the molecule is N#Cc1c(N)[nH]c(=O)c(C#N)c1-c1ccc(OCCC2OCCCO2)cc1. The van der Waals surface area contributed by atoms with Gasteiger partial charge in [0, 0.05) is 12.0 Å².